The average molecular weight is 190 g/mol. The SMILES string of the molecule is OCCOP(O)OCC1(O)B=B1. The predicted molar refractivity (Wildman–Crippen MR) is 44.6 cm³/mol. The molecular weight excluding hydrogens is 181 g/mol. The maximum atomic E-state index is 9.16. The van der Waals surface area contributed by atoms with E-state index in [1.165, 1.54) is 0 Å². The van der Waals surface area contributed by atoms with E-state index in [4.69, 9.17) is 19.6 Å². The van der Waals surface area contributed by atoms with Gasteiger partial charge in [0.05, 0.1) is 0 Å². The van der Waals surface area contributed by atoms with Gasteiger partial charge >= 0.3 is 71.6 Å². The van der Waals surface area contributed by atoms with Crippen molar-refractivity contribution in [2.24, 2.45) is 0 Å². The molecule has 0 bridgehead atoms. The Hall–Kier alpha value is 0.360. The minimum absolute atomic E-state index is 0.000627. The van der Waals surface area contributed by atoms with Crippen LogP contribution in [0.1, 0.15) is 0 Å². The van der Waals surface area contributed by atoms with Gasteiger partial charge < -0.3 is 0 Å². The third-order valence-corrected chi connectivity index (χ3v) is 2.00. The fourth-order valence-corrected chi connectivity index (χ4v) is 1.14. The summed E-state index contributed by atoms with van der Waals surface area (Å²) < 4.78 is 9.37. The molecule has 5 nitrogen and oxygen atoms in total. The van der Waals surface area contributed by atoms with Gasteiger partial charge in [0.25, 0.3) is 0 Å². The monoisotopic (exact) mass is 190 g/mol. The van der Waals surface area contributed by atoms with E-state index in [9.17, 15) is 0 Å². The van der Waals surface area contributed by atoms with E-state index in [2.05, 4.69) is 4.52 Å². The molecule has 0 aromatic carbocycles. The summed E-state index contributed by atoms with van der Waals surface area (Å²) in [5, 5.41) is 16.5. The quantitative estimate of drug-likeness (QED) is 0.340. The molecule has 1 aliphatic rings. The summed E-state index contributed by atoms with van der Waals surface area (Å²) in [6.45, 7) is 2.99. The van der Waals surface area contributed by atoms with Crippen molar-refractivity contribution >= 4 is 22.2 Å². The van der Waals surface area contributed by atoms with Gasteiger partial charge in [-0.3, -0.25) is 0 Å². The number of hydrogen-bond donors (Lipinski definition) is 3. The number of rotatable bonds is 6. The summed E-state index contributed by atoms with van der Waals surface area (Å²) in [6.07, 6.45) is 0. The van der Waals surface area contributed by atoms with Crippen molar-refractivity contribution in [3.63, 3.8) is 0 Å². The molecule has 0 saturated heterocycles. The van der Waals surface area contributed by atoms with E-state index in [1.54, 1.807) is 13.6 Å². The Bertz CT molecular complexity index is 171. The van der Waals surface area contributed by atoms with E-state index >= 15 is 0 Å². The first-order valence-corrected chi connectivity index (χ1v) is 4.58. The number of aliphatic hydroxyl groups excluding tert-OH is 1. The summed E-state index contributed by atoms with van der Waals surface area (Å²) in [4.78, 5) is 8.94. The van der Waals surface area contributed by atoms with Crippen molar-refractivity contribution in [2.45, 2.75) is 5.40 Å². The summed E-state index contributed by atoms with van der Waals surface area (Å²) in [5.74, 6) is 0. The molecule has 1 heterocycles. The third-order valence-electron chi connectivity index (χ3n) is 1.25. The van der Waals surface area contributed by atoms with Crippen LogP contribution in [0.5, 0.6) is 0 Å². The summed E-state index contributed by atoms with van der Waals surface area (Å²) in [6, 6.07) is 0. The number of hydrogen-bond acceptors (Lipinski definition) is 5. The van der Waals surface area contributed by atoms with E-state index in [-0.39, 0.29) is 19.8 Å². The molecule has 0 saturated carbocycles. The molecule has 0 aliphatic carbocycles. The molecular formula is C4H9B2O5P. The summed E-state index contributed by atoms with van der Waals surface area (Å²) >= 11 is 0. The first kappa shape index (κ1) is 10.4. The van der Waals surface area contributed by atoms with Crippen LogP contribution in [0.2, 0.25) is 0 Å². The Morgan fingerprint density at radius 3 is 2.50 bits per heavy atom. The zero-order chi connectivity index (χ0) is 9.03. The van der Waals surface area contributed by atoms with Crippen LogP contribution in [0.4, 0.5) is 0 Å². The van der Waals surface area contributed by atoms with Gasteiger partial charge in [0.2, 0.25) is 0 Å². The fraction of sp³-hybridized carbons (Fsp3) is 1.00. The molecule has 0 amide bonds. The number of aliphatic hydroxyl groups is 2. The van der Waals surface area contributed by atoms with Crippen molar-refractivity contribution < 1.29 is 24.2 Å². The second-order valence-corrected chi connectivity index (χ2v) is 3.38. The average Bonchev–Trinajstić information content (AvgIpc) is 2.77. The second-order valence-electron chi connectivity index (χ2n) is 2.39. The molecule has 66 valence electrons. The summed E-state index contributed by atoms with van der Waals surface area (Å²) in [5.41, 5.74) is 0. The van der Waals surface area contributed by atoms with Gasteiger partial charge in [0.1, 0.15) is 0 Å². The van der Waals surface area contributed by atoms with Crippen LogP contribution in [-0.2, 0) is 9.05 Å². The topological polar surface area (TPSA) is 79.2 Å². The standard InChI is InChI=1S/C4H9B2O5P/c7-1-2-10-12(9)11-3-4(8)5-6-4/h7-9H,1-3H2. The van der Waals surface area contributed by atoms with Gasteiger partial charge in [-0.25, -0.2) is 0 Å². The van der Waals surface area contributed by atoms with Crippen LogP contribution in [-0.4, -0.2) is 53.9 Å². The molecule has 3 N–H and O–H groups in total. The minimum atomic E-state index is -1.97. The van der Waals surface area contributed by atoms with Crippen LogP contribution in [0.3, 0.4) is 0 Å². The van der Waals surface area contributed by atoms with E-state index in [0.29, 0.717) is 0 Å². The predicted octanol–water partition coefficient (Wildman–Crippen LogP) is -1.79. The van der Waals surface area contributed by atoms with Crippen LogP contribution >= 0.6 is 8.60 Å². The molecule has 1 aliphatic heterocycles. The van der Waals surface area contributed by atoms with Crippen molar-refractivity contribution in [3.8, 4) is 0 Å². The van der Waals surface area contributed by atoms with Crippen molar-refractivity contribution in [1.29, 1.82) is 0 Å². The van der Waals surface area contributed by atoms with Gasteiger partial charge in [0.15, 0.2) is 0 Å². The van der Waals surface area contributed by atoms with Crippen molar-refractivity contribution in [1.82, 2.24) is 0 Å². The molecule has 0 aromatic rings. The molecule has 8 heteroatoms. The van der Waals surface area contributed by atoms with Gasteiger partial charge in [-0.2, -0.15) is 0 Å². The molecule has 1 atom stereocenters. The Morgan fingerprint density at radius 2 is 2.00 bits per heavy atom. The van der Waals surface area contributed by atoms with E-state index in [0.717, 1.165) is 0 Å². The molecule has 0 fully saturated rings. The molecule has 0 aromatic heterocycles. The molecule has 1 rings (SSSR count). The second kappa shape index (κ2) is 4.56. The summed E-state index contributed by atoms with van der Waals surface area (Å²) in [7, 11) is -1.97. The van der Waals surface area contributed by atoms with Gasteiger partial charge in [0, 0.05) is 0 Å². The van der Waals surface area contributed by atoms with Crippen LogP contribution in [0.25, 0.3) is 0 Å². The van der Waals surface area contributed by atoms with Crippen molar-refractivity contribution in [2.75, 3.05) is 19.8 Å². The van der Waals surface area contributed by atoms with Gasteiger partial charge in [-0.05, 0) is 0 Å². The molecule has 1 unspecified atom stereocenters. The van der Waals surface area contributed by atoms with Crippen LogP contribution in [0, 0.1) is 0 Å². The third kappa shape index (κ3) is 3.85. The van der Waals surface area contributed by atoms with E-state index in [1.807, 2.05) is 0 Å². The maximum absolute atomic E-state index is 9.16. The van der Waals surface area contributed by atoms with Crippen LogP contribution < -0.4 is 0 Å². The zero-order valence-electron chi connectivity index (χ0n) is 6.38. The Kier molecular flexibility index (Phi) is 3.96. The fourth-order valence-electron chi connectivity index (χ4n) is 0.507. The Labute approximate surface area is 72.4 Å². The molecule has 0 spiro atoms. The van der Waals surface area contributed by atoms with Crippen LogP contribution in [0.15, 0.2) is 0 Å². The normalized spacial score (nSPS) is 19.6. The first-order valence-electron chi connectivity index (χ1n) is 3.45. The first-order chi connectivity index (χ1) is 5.66. The molecule has 12 heavy (non-hydrogen) atoms. The van der Waals surface area contributed by atoms with E-state index < -0.39 is 14.0 Å². The van der Waals surface area contributed by atoms with Crippen molar-refractivity contribution in [3.05, 3.63) is 0 Å². The van der Waals surface area contributed by atoms with Gasteiger partial charge in [-0.15, -0.1) is 0 Å². The Morgan fingerprint density at radius 1 is 1.33 bits per heavy atom. The zero-order valence-corrected chi connectivity index (χ0v) is 7.28. The van der Waals surface area contributed by atoms with Gasteiger partial charge in [-0.1, -0.05) is 0 Å². The molecule has 0 radical (unpaired) electrons. The Balaban J connectivity index is 1.98.